The summed E-state index contributed by atoms with van der Waals surface area (Å²) in [5.74, 6) is -2.46. The van der Waals surface area contributed by atoms with E-state index in [1.165, 1.54) is 19.0 Å². The van der Waals surface area contributed by atoms with Crippen molar-refractivity contribution in [2.45, 2.75) is 69.4 Å². The zero-order valence-corrected chi connectivity index (χ0v) is 18.7. The summed E-state index contributed by atoms with van der Waals surface area (Å²) in [6, 6.07) is 0.663. The van der Waals surface area contributed by atoms with Crippen LogP contribution in [0.1, 0.15) is 55.4 Å². The monoisotopic (exact) mass is 452 g/mol. The highest BCUT2D eigenvalue weighted by molar-refractivity contribution is 6.03. The van der Waals surface area contributed by atoms with Crippen molar-refractivity contribution in [2.75, 3.05) is 38.5 Å². The van der Waals surface area contributed by atoms with Gasteiger partial charge in [0.2, 0.25) is 5.91 Å². The first-order valence-corrected chi connectivity index (χ1v) is 11.8. The van der Waals surface area contributed by atoms with E-state index in [0.29, 0.717) is 12.5 Å². The standard InChI is InChI=1S/C22H34F2N6O2/c1-29-9-7-15(8-10-29)30-11-5-14(6-12-30)26-22(32)20-18(13-25-28-20)27-21(31)19-16(23)3-2-4-17(19)24/h13-17,19H,2-12H2,1H3,(H,25,28)(H,26,32)(H,27,31). The maximum absolute atomic E-state index is 14.1. The van der Waals surface area contributed by atoms with Crippen LogP contribution in [-0.2, 0) is 4.79 Å². The molecule has 0 bridgehead atoms. The van der Waals surface area contributed by atoms with E-state index < -0.39 is 24.2 Å². The molecule has 2 aliphatic heterocycles. The molecular weight excluding hydrogens is 418 g/mol. The molecular formula is C22H34F2N6O2. The Bertz CT molecular complexity index is 779. The van der Waals surface area contributed by atoms with Crippen LogP contribution in [0.4, 0.5) is 14.5 Å². The summed E-state index contributed by atoms with van der Waals surface area (Å²) in [5.41, 5.74) is 0.263. The highest BCUT2D eigenvalue weighted by Gasteiger charge is 2.39. The third-order valence-electron chi connectivity index (χ3n) is 7.24. The lowest BCUT2D eigenvalue weighted by Crippen LogP contribution is -2.50. The van der Waals surface area contributed by atoms with E-state index in [9.17, 15) is 18.4 Å². The van der Waals surface area contributed by atoms with Gasteiger partial charge in [0.1, 0.15) is 24.0 Å². The van der Waals surface area contributed by atoms with Crippen molar-refractivity contribution in [3.05, 3.63) is 11.9 Å². The molecule has 0 radical (unpaired) electrons. The van der Waals surface area contributed by atoms with Gasteiger partial charge in [-0.3, -0.25) is 14.7 Å². The fourth-order valence-corrected chi connectivity index (χ4v) is 5.22. The predicted octanol–water partition coefficient (Wildman–Crippen LogP) is 2.11. The Labute approximate surface area is 187 Å². The Morgan fingerprint density at radius 1 is 1.03 bits per heavy atom. The smallest absolute Gasteiger partial charge is 0.271 e. The number of amides is 2. The summed E-state index contributed by atoms with van der Waals surface area (Å²) >= 11 is 0. The van der Waals surface area contributed by atoms with Gasteiger partial charge in [0.15, 0.2) is 0 Å². The highest BCUT2D eigenvalue weighted by atomic mass is 19.1. The number of carbonyl (C=O) groups excluding carboxylic acids is 2. The van der Waals surface area contributed by atoms with Gasteiger partial charge in [0, 0.05) is 25.2 Å². The average molecular weight is 453 g/mol. The van der Waals surface area contributed by atoms with E-state index in [0.717, 1.165) is 39.0 Å². The summed E-state index contributed by atoms with van der Waals surface area (Å²) in [6.07, 6.45) is 3.15. The van der Waals surface area contributed by atoms with Gasteiger partial charge in [0.05, 0.1) is 11.9 Å². The van der Waals surface area contributed by atoms with Crippen molar-refractivity contribution in [1.82, 2.24) is 25.3 Å². The van der Waals surface area contributed by atoms with Crippen LogP contribution in [0.2, 0.25) is 0 Å². The number of H-pyrrole nitrogens is 1. The second-order valence-corrected chi connectivity index (χ2v) is 9.45. The van der Waals surface area contributed by atoms with Gasteiger partial charge in [-0.1, -0.05) is 0 Å². The molecule has 1 aliphatic carbocycles. The van der Waals surface area contributed by atoms with Crippen molar-refractivity contribution in [3.8, 4) is 0 Å². The van der Waals surface area contributed by atoms with E-state index in [-0.39, 0.29) is 36.2 Å². The topological polar surface area (TPSA) is 93.4 Å². The van der Waals surface area contributed by atoms with Crippen LogP contribution >= 0.6 is 0 Å². The molecule has 10 heteroatoms. The Kier molecular flexibility index (Phi) is 7.40. The van der Waals surface area contributed by atoms with Crippen LogP contribution in [0, 0.1) is 5.92 Å². The SMILES string of the molecule is CN1CCC(N2CCC(NC(=O)c3[nH]ncc3NC(=O)C3C(F)CCCC3F)CC2)CC1. The van der Waals surface area contributed by atoms with Crippen molar-refractivity contribution >= 4 is 17.5 Å². The first kappa shape index (κ1) is 23.1. The molecule has 1 aromatic rings. The molecule has 3 fully saturated rings. The zero-order chi connectivity index (χ0) is 22.7. The molecule has 3 heterocycles. The number of alkyl halides is 2. The lowest BCUT2D eigenvalue weighted by molar-refractivity contribution is -0.125. The largest absolute Gasteiger partial charge is 0.348 e. The summed E-state index contributed by atoms with van der Waals surface area (Å²) in [6.45, 7) is 4.15. The Morgan fingerprint density at radius 3 is 2.34 bits per heavy atom. The number of carbonyl (C=O) groups is 2. The predicted molar refractivity (Wildman–Crippen MR) is 117 cm³/mol. The molecule has 3 aliphatic rings. The van der Waals surface area contributed by atoms with Gasteiger partial charge in [-0.25, -0.2) is 8.78 Å². The third kappa shape index (κ3) is 5.28. The van der Waals surface area contributed by atoms with Gasteiger partial charge >= 0.3 is 0 Å². The lowest BCUT2D eigenvalue weighted by Gasteiger charge is -2.41. The molecule has 4 rings (SSSR count). The quantitative estimate of drug-likeness (QED) is 0.636. The molecule has 178 valence electrons. The molecule has 1 saturated carbocycles. The van der Waals surface area contributed by atoms with Crippen LogP contribution in [-0.4, -0.2) is 89.5 Å². The average Bonchev–Trinajstić information content (AvgIpc) is 3.23. The molecule has 2 atom stereocenters. The van der Waals surface area contributed by atoms with Crippen LogP contribution in [0.5, 0.6) is 0 Å². The van der Waals surface area contributed by atoms with E-state index in [4.69, 9.17) is 0 Å². The second-order valence-electron chi connectivity index (χ2n) is 9.45. The van der Waals surface area contributed by atoms with Gasteiger partial charge in [0.25, 0.3) is 5.91 Å². The van der Waals surface area contributed by atoms with Crippen molar-refractivity contribution in [2.24, 2.45) is 5.92 Å². The number of likely N-dealkylation sites (tertiary alicyclic amines) is 2. The second kappa shape index (κ2) is 10.2. The van der Waals surface area contributed by atoms with E-state index in [1.54, 1.807) is 0 Å². The number of hydrogen-bond acceptors (Lipinski definition) is 5. The zero-order valence-electron chi connectivity index (χ0n) is 18.7. The van der Waals surface area contributed by atoms with Crippen LogP contribution < -0.4 is 10.6 Å². The minimum absolute atomic E-state index is 0.0423. The summed E-state index contributed by atoms with van der Waals surface area (Å²) in [4.78, 5) is 30.2. The van der Waals surface area contributed by atoms with Gasteiger partial charge in [-0.2, -0.15) is 5.10 Å². The highest BCUT2D eigenvalue weighted by Crippen LogP contribution is 2.31. The fourth-order valence-electron chi connectivity index (χ4n) is 5.22. The van der Waals surface area contributed by atoms with Gasteiger partial charge < -0.3 is 20.4 Å². The molecule has 32 heavy (non-hydrogen) atoms. The Morgan fingerprint density at radius 2 is 1.69 bits per heavy atom. The Balaban J connectivity index is 1.29. The number of rotatable bonds is 5. The Hall–Kier alpha value is -2.07. The molecule has 8 nitrogen and oxygen atoms in total. The lowest BCUT2D eigenvalue weighted by atomic mass is 9.85. The molecule has 0 aromatic carbocycles. The maximum Gasteiger partial charge on any atom is 0.271 e. The molecule has 3 N–H and O–H groups in total. The molecule has 1 aromatic heterocycles. The van der Waals surface area contributed by atoms with Gasteiger partial charge in [-0.15, -0.1) is 0 Å². The van der Waals surface area contributed by atoms with Crippen molar-refractivity contribution < 1.29 is 18.4 Å². The number of nitrogens with one attached hydrogen (secondary N) is 3. The minimum atomic E-state index is -1.52. The van der Waals surface area contributed by atoms with Crippen LogP contribution in [0.25, 0.3) is 0 Å². The number of hydrogen-bond donors (Lipinski definition) is 3. The van der Waals surface area contributed by atoms with E-state index in [1.807, 2.05) is 0 Å². The number of piperidine rings is 2. The van der Waals surface area contributed by atoms with Crippen LogP contribution in [0.15, 0.2) is 6.20 Å². The van der Waals surface area contributed by atoms with E-state index >= 15 is 0 Å². The summed E-state index contributed by atoms with van der Waals surface area (Å²) in [5, 5.41) is 12.0. The maximum atomic E-state index is 14.1. The number of halogens is 2. The first-order valence-electron chi connectivity index (χ1n) is 11.8. The van der Waals surface area contributed by atoms with Gasteiger partial charge in [-0.05, 0) is 65.1 Å². The normalized spacial score (nSPS) is 29.0. The van der Waals surface area contributed by atoms with E-state index in [2.05, 4.69) is 37.7 Å². The molecule has 0 spiro atoms. The summed E-state index contributed by atoms with van der Waals surface area (Å²) < 4.78 is 28.2. The number of aromatic amines is 1. The fraction of sp³-hybridized carbons (Fsp3) is 0.773. The van der Waals surface area contributed by atoms with Crippen molar-refractivity contribution in [1.29, 1.82) is 0 Å². The summed E-state index contributed by atoms with van der Waals surface area (Å²) in [7, 11) is 2.16. The minimum Gasteiger partial charge on any atom is -0.348 e. The number of anilines is 1. The number of nitrogens with zero attached hydrogens (tertiary/aromatic N) is 3. The molecule has 2 amide bonds. The number of aromatic nitrogens is 2. The first-order chi connectivity index (χ1) is 15.4. The molecule has 2 unspecified atom stereocenters. The molecule has 2 saturated heterocycles. The van der Waals surface area contributed by atoms with Crippen molar-refractivity contribution in [3.63, 3.8) is 0 Å². The third-order valence-corrected chi connectivity index (χ3v) is 7.24. The van der Waals surface area contributed by atoms with Crippen LogP contribution in [0.3, 0.4) is 0 Å².